The standard InChI is InChI=1S/C16H22N2O4/c1-11-6-4-5-9-18(11)16(20)15(19)17-13-8-7-12(21-2)10-14(13)22-3/h7-8,10-11H,4-6,9H2,1-3H3,(H,17,19). The summed E-state index contributed by atoms with van der Waals surface area (Å²) in [5.74, 6) is -0.0692. The van der Waals surface area contributed by atoms with Crippen LogP contribution in [0.25, 0.3) is 0 Å². The summed E-state index contributed by atoms with van der Waals surface area (Å²) in [5.41, 5.74) is 0.450. The van der Waals surface area contributed by atoms with E-state index in [0.29, 0.717) is 23.7 Å². The van der Waals surface area contributed by atoms with Gasteiger partial charge in [-0.05, 0) is 38.3 Å². The molecule has 6 heteroatoms. The van der Waals surface area contributed by atoms with E-state index in [1.165, 1.54) is 7.11 Å². The third kappa shape index (κ3) is 3.50. The van der Waals surface area contributed by atoms with E-state index < -0.39 is 11.8 Å². The SMILES string of the molecule is COc1ccc(NC(=O)C(=O)N2CCCCC2C)c(OC)c1. The minimum absolute atomic E-state index is 0.102. The molecule has 1 aromatic rings. The van der Waals surface area contributed by atoms with Crippen LogP contribution in [-0.4, -0.2) is 43.5 Å². The normalized spacial score (nSPS) is 17.8. The van der Waals surface area contributed by atoms with Gasteiger partial charge in [0.1, 0.15) is 11.5 Å². The summed E-state index contributed by atoms with van der Waals surface area (Å²) in [6.07, 6.45) is 2.97. The van der Waals surface area contributed by atoms with Crippen molar-refractivity contribution < 1.29 is 19.1 Å². The summed E-state index contributed by atoms with van der Waals surface area (Å²) in [6.45, 7) is 2.60. The Balaban J connectivity index is 2.09. The number of piperidine rings is 1. The smallest absolute Gasteiger partial charge is 0.314 e. The molecule has 1 aromatic carbocycles. The van der Waals surface area contributed by atoms with Gasteiger partial charge in [-0.2, -0.15) is 0 Å². The number of hydrogen-bond donors (Lipinski definition) is 1. The van der Waals surface area contributed by atoms with Gasteiger partial charge in [-0.1, -0.05) is 0 Å². The molecule has 0 saturated carbocycles. The Kier molecular flexibility index (Phi) is 5.25. The van der Waals surface area contributed by atoms with Crippen molar-refractivity contribution in [1.29, 1.82) is 0 Å². The molecule has 1 saturated heterocycles. The van der Waals surface area contributed by atoms with Gasteiger partial charge in [0.15, 0.2) is 0 Å². The van der Waals surface area contributed by atoms with Gasteiger partial charge in [-0.15, -0.1) is 0 Å². The van der Waals surface area contributed by atoms with Crippen LogP contribution >= 0.6 is 0 Å². The molecule has 6 nitrogen and oxygen atoms in total. The summed E-state index contributed by atoms with van der Waals surface area (Å²) in [7, 11) is 3.05. The van der Waals surface area contributed by atoms with Crippen molar-refractivity contribution in [2.75, 3.05) is 26.1 Å². The summed E-state index contributed by atoms with van der Waals surface area (Å²) in [5, 5.41) is 2.62. The van der Waals surface area contributed by atoms with Crippen LogP contribution in [0.1, 0.15) is 26.2 Å². The highest BCUT2D eigenvalue weighted by Crippen LogP contribution is 2.29. The summed E-state index contributed by atoms with van der Waals surface area (Å²) in [6, 6.07) is 5.11. The Labute approximate surface area is 130 Å². The predicted molar refractivity (Wildman–Crippen MR) is 83.2 cm³/mol. The first-order chi connectivity index (χ1) is 10.6. The third-order valence-corrected chi connectivity index (χ3v) is 3.91. The number of anilines is 1. The fourth-order valence-electron chi connectivity index (χ4n) is 2.61. The van der Waals surface area contributed by atoms with Gasteiger partial charge in [0, 0.05) is 18.7 Å². The van der Waals surface area contributed by atoms with Crippen LogP contribution in [0, 0.1) is 0 Å². The Hall–Kier alpha value is -2.24. The molecule has 0 bridgehead atoms. The van der Waals surface area contributed by atoms with E-state index in [0.717, 1.165) is 19.3 Å². The first kappa shape index (κ1) is 16.1. The predicted octanol–water partition coefficient (Wildman–Crippen LogP) is 2.04. The van der Waals surface area contributed by atoms with Gasteiger partial charge in [0.25, 0.3) is 0 Å². The fourth-order valence-corrected chi connectivity index (χ4v) is 2.61. The lowest BCUT2D eigenvalue weighted by Crippen LogP contribution is -2.47. The molecule has 0 radical (unpaired) electrons. The maximum Gasteiger partial charge on any atom is 0.314 e. The number of hydrogen-bond acceptors (Lipinski definition) is 4. The number of rotatable bonds is 3. The number of methoxy groups -OCH3 is 2. The number of carbonyl (C=O) groups is 2. The van der Waals surface area contributed by atoms with Crippen LogP contribution in [0.3, 0.4) is 0 Å². The van der Waals surface area contributed by atoms with Gasteiger partial charge < -0.3 is 19.7 Å². The molecule has 1 fully saturated rings. The van der Waals surface area contributed by atoms with E-state index in [1.807, 2.05) is 6.92 Å². The maximum atomic E-state index is 12.3. The lowest BCUT2D eigenvalue weighted by Gasteiger charge is -2.32. The number of carbonyl (C=O) groups excluding carboxylic acids is 2. The Bertz CT molecular complexity index is 559. The highest BCUT2D eigenvalue weighted by Gasteiger charge is 2.28. The third-order valence-electron chi connectivity index (χ3n) is 3.91. The van der Waals surface area contributed by atoms with Crippen molar-refractivity contribution in [3.05, 3.63) is 18.2 Å². The first-order valence-electron chi connectivity index (χ1n) is 7.40. The molecule has 1 aliphatic heterocycles. The van der Waals surface area contributed by atoms with Crippen molar-refractivity contribution in [2.24, 2.45) is 0 Å². The van der Waals surface area contributed by atoms with Crippen LogP contribution in [0.15, 0.2) is 18.2 Å². The van der Waals surface area contributed by atoms with Crippen molar-refractivity contribution in [1.82, 2.24) is 4.90 Å². The molecule has 0 spiro atoms. The maximum absolute atomic E-state index is 12.3. The molecule has 1 N–H and O–H groups in total. The Morgan fingerprint density at radius 1 is 1.23 bits per heavy atom. The fraction of sp³-hybridized carbons (Fsp3) is 0.500. The molecule has 1 aliphatic rings. The molecule has 0 aromatic heterocycles. The zero-order chi connectivity index (χ0) is 16.1. The van der Waals surface area contributed by atoms with Crippen LogP contribution in [0.5, 0.6) is 11.5 Å². The molecule has 1 unspecified atom stereocenters. The van der Waals surface area contributed by atoms with Gasteiger partial charge in [0.2, 0.25) is 0 Å². The Morgan fingerprint density at radius 3 is 2.64 bits per heavy atom. The first-order valence-corrected chi connectivity index (χ1v) is 7.40. The Morgan fingerprint density at radius 2 is 2.00 bits per heavy atom. The highest BCUT2D eigenvalue weighted by atomic mass is 16.5. The molecular formula is C16H22N2O4. The quantitative estimate of drug-likeness (QED) is 0.868. The highest BCUT2D eigenvalue weighted by molar-refractivity contribution is 6.39. The number of nitrogens with zero attached hydrogens (tertiary/aromatic N) is 1. The second-order valence-corrected chi connectivity index (χ2v) is 5.36. The van der Waals surface area contributed by atoms with E-state index >= 15 is 0 Å². The summed E-state index contributed by atoms with van der Waals surface area (Å²) >= 11 is 0. The van der Waals surface area contributed by atoms with Crippen LogP contribution < -0.4 is 14.8 Å². The zero-order valence-corrected chi connectivity index (χ0v) is 13.2. The van der Waals surface area contributed by atoms with E-state index in [2.05, 4.69) is 5.32 Å². The van der Waals surface area contributed by atoms with Crippen molar-refractivity contribution in [2.45, 2.75) is 32.2 Å². The summed E-state index contributed by atoms with van der Waals surface area (Å²) < 4.78 is 10.3. The average Bonchev–Trinajstić information content (AvgIpc) is 2.55. The minimum Gasteiger partial charge on any atom is -0.497 e. The summed E-state index contributed by atoms with van der Waals surface area (Å²) in [4.78, 5) is 26.1. The number of likely N-dealkylation sites (tertiary alicyclic amines) is 1. The average molecular weight is 306 g/mol. The van der Waals surface area contributed by atoms with Crippen molar-refractivity contribution >= 4 is 17.5 Å². The van der Waals surface area contributed by atoms with Crippen molar-refractivity contribution in [3.8, 4) is 11.5 Å². The van der Waals surface area contributed by atoms with Gasteiger partial charge in [0.05, 0.1) is 19.9 Å². The lowest BCUT2D eigenvalue weighted by atomic mass is 10.0. The molecule has 1 heterocycles. The van der Waals surface area contributed by atoms with Crippen LogP contribution in [0.2, 0.25) is 0 Å². The minimum atomic E-state index is -0.641. The zero-order valence-electron chi connectivity index (χ0n) is 13.2. The van der Waals surface area contributed by atoms with Gasteiger partial charge in [-0.25, -0.2) is 0 Å². The second kappa shape index (κ2) is 7.15. The number of nitrogens with one attached hydrogen (secondary N) is 1. The van der Waals surface area contributed by atoms with E-state index in [4.69, 9.17) is 9.47 Å². The molecule has 2 rings (SSSR count). The molecule has 22 heavy (non-hydrogen) atoms. The lowest BCUT2D eigenvalue weighted by molar-refractivity contribution is -0.145. The molecule has 0 aliphatic carbocycles. The second-order valence-electron chi connectivity index (χ2n) is 5.36. The van der Waals surface area contributed by atoms with Crippen LogP contribution in [-0.2, 0) is 9.59 Å². The van der Waals surface area contributed by atoms with E-state index in [1.54, 1.807) is 30.2 Å². The topological polar surface area (TPSA) is 67.9 Å². The molecule has 2 amide bonds. The number of benzene rings is 1. The van der Waals surface area contributed by atoms with Crippen molar-refractivity contribution in [3.63, 3.8) is 0 Å². The van der Waals surface area contributed by atoms with E-state index in [-0.39, 0.29) is 6.04 Å². The molecule has 1 atom stereocenters. The number of ether oxygens (including phenoxy) is 2. The molecule has 120 valence electrons. The van der Waals surface area contributed by atoms with Crippen LogP contribution in [0.4, 0.5) is 5.69 Å². The monoisotopic (exact) mass is 306 g/mol. The van der Waals surface area contributed by atoms with E-state index in [9.17, 15) is 9.59 Å². The largest absolute Gasteiger partial charge is 0.497 e. The number of amides is 2. The molecular weight excluding hydrogens is 284 g/mol. The van der Waals surface area contributed by atoms with Gasteiger partial charge >= 0.3 is 11.8 Å². The van der Waals surface area contributed by atoms with Gasteiger partial charge in [-0.3, -0.25) is 9.59 Å².